The lowest BCUT2D eigenvalue weighted by Crippen LogP contribution is -2.24. The molecule has 0 aromatic heterocycles. The summed E-state index contributed by atoms with van der Waals surface area (Å²) < 4.78 is 36.9. The van der Waals surface area contributed by atoms with Gasteiger partial charge in [-0.25, -0.2) is 17.6 Å². The first-order chi connectivity index (χ1) is 11.2. The van der Waals surface area contributed by atoms with Crippen LogP contribution in [0.3, 0.4) is 0 Å². The van der Waals surface area contributed by atoms with Crippen molar-refractivity contribution in [2.75, 3.05) is 11.1 Å². The van der Waals surface area contributed by atoms with Crippen molar-refractivity contribution in [3.05, 3.63) is 65.5 Å². The van der Waals surface area contributed by atoms with Crippen LogP contribution in [0.5, 0.6) is 0 Å². The summed E-state index contributed by atoms with van der Waals surface area (Å²) in [5.41, 5.74) is 0.535. The molecule has 0 aliphatic heterocycles. The predicted octanol–water partition coefficient (Wildman–Crippen LogP) is 2.08. The van der Waals surface area contributed by atoms with E-state index in [0.717, 1.165) is 12.1 Å². The summed E-state index contributed by atoms with van der Waals surface area (Å²) >= 11 is 0. The number of halogens is 1. The van der Waals surface area contributed by atoms with Crippen molar-refractivity contribution in [1.29, 1.82) is 0 Å². The van der Waals surface area contributed by atoms with E-state index in [0.29, 0.717) is 0 Å². The van der Waals surface area contributed by atoms with Crippen molar-refractivity contribution in [2.45, 2.75) is 5.75 Å². The number of amides is 1. The Labute approximate surface area is 137 Å². The first-order valence-corrected chi connectivity index (χ1v) is 8.65. The molecule has 0 aliphatic carbocycles. The molecule has 0 aliphatic rings. The van der Waals surface area contributed by atoms with Gasteiger partial charge in [-0.1, -0.05) is 12.1 Å². The van der Waals surface area contributed by atoms with Gasteiger partial charge in [-0.2, -0.15) is 0 Å². The van der Waals surface area contributed by atoms with Crippen molar-refractivity contribution in [3.8, 4) is 0 Å². The molecule has 0 fully saturated rings. The minimum atomic E-state index is -3.78. The smallest absolute Gasteiger partial charge is 0.335 e. The van der Waals surface area contributed by atoms with Gasteiger partial charge in [0, 0.05) is 5.69 Å². The zero-order valence-corrected chi connectivity index (χ0v) is 13.2. The molecule has 8 heteroatoms. The second kappa shape index (κ2) is 7.22. The second-order valence-electron chi connectivity index (χ2n) is 5.09. The van der Waals surface area contributed by atoms with Crippen LogP contribution in [0.15, 0.2) is 48.5 Å². The van der Waals surface area contributed by atoms with Crippen LogP contribution in [-0.2, 0) is 20.4 Å². The largest absolute Gasteiger partial charge is 0.478 e. The molecule has 0 spiro atoms. The fraction of sp³-hybridized carbons (Fsp3) is 0.125. The molecular weight excluding hydrogens is 337 g/mol. The maximum atomic E-state index is 12.8. The van der Waals surface area contributed by atoms with E-state index in [1.54, 1.807) is 0 Å². The number of anilines is 1. The van der Waals surface area contributed by atoms with E-state index in [2.05, 4.69) is 5.32 Å². The lowest BCUT2D eigenvalue weighted by atomic mass is 10.1. The number of rotatable bonds is 6. The van der Waals surface area contributed by atoms with Gasteiger partial charge >= 0.3 is 5.97 Å². The Bertz CT molecular complexity index is 862. The molecule has 126 valence electrons. The molecule has 0 unspecified atom stereocenters. The highest BCUT2D eigenvalue weighted by Gasteiger charge is 2.18. The highest BCUT2D eigenvalue weighted by molar-refractivity contribution is 7.91. The molecule has 0 atom stereocenters. The van der Waals surface area contributed by atoms with E-state index in [1.165, 1.54) is 36.4 Å². The van der Waals surface area contributed by atoms with Crippen LogP contribution in [0.1, 0.15) is 15.9 Å². The highest BCUT2D eigenvalue weighted by Crippen LogP contribution is 2.12. The Balaban J connectivity index is 2.02. The second-order valence-corrected chi connectivity index (χ2v) is 7.16. The average molecular weight is 351 g/mol. The van der Waals surface area contributed by atoms with Gasteiger partial charge < -0.3 is 10.4 Å². The summed E-state index contributed by atoms with van der Waals surface area (Å²) in [5.74, 6) is -3.61. The van der Waals surface area contributed by atoms with Crippen molar-refractivity contribution >= 4 is 27.4 Å². The number of carbonyl (C=O) groups excluding carboxylic acids is 1. The Morgan fingerprint density at radius 1 is 1.08 bits per heavy atom. The topological polar surface area (TPSA) is 101 Å². The summed E-state index contributed by atoms with van der Waals surface area (Å²) in [5, 5.41) is 11.3. The quantitative estimate of drug-likeness (QED) is 0.830. The summed E-state index contributed by atoms with van der Waals surface area (Å²) in [4.78, 5) is 22.7. The molecule has 2 rings (SSSR count). The zero-order valence-electron chi connectivity index (χ0n) is 12.4. The van der Waals surface area contributed by atoms with E-state index in [9.17, 15) is 22.4 Å². The molecule has 0 heterocycles. The fourth-order valence-electron chi connectivity index (χ4n) is 2.03. The van der Waals surface area contributed by atoms with Crippen LogP contribution in [0.2, 0.25) is 0 Å². The van der Waals surface area contributed by atoms with Gasteiger partial charge in [-0.05, 0) is 42.0 Å². The first-order valence-electron chi connectivity index (χ1n) is 6.83. The van der Waals surface area contributed by atoms with Crippen molar-refractivity contribution in [3.63, 3.8) is 0 Å². The Morgan fingerprint density at radius 2 is 1.75 bits per heavy atom. The van der Waals surface area contributed by atoms with E-state index in [-0.39, 0.29) is 16.8 Å². The van der Waals surface area contributed by atoms with Crippen molar-refractivity contribution < 1.29 is 27.5 Å². The number of aromatic carboxylic acids is 1. The third kappa shape index (κ3) is 5.17. The molecule has 0 radical (unpaired) electrons. The van der Waals surface area contributed by atoms with Crippen molar-refractivity contribution in [1.82, 2.24) is 0 Å². The molecule has 0 bridgehead atoms. The van der Waals surface area contributed by atoms with Crippen LogP contribution in [0.4, 0.5) is 10.1 Å². The van der Waals surface area contributed by atoms with Crippen LogP contribution < -0.4 is 5.32 Å². The minimum absolute atomic E-state index is 0.0292. The number of sulfone groups is 1. The lowest BCUT2D eigenvalue weighted by molar-refractivity contribution is -0.113. The monoisotopic (exact) mass is 351 g/mol. The number of nitrogens with one attached hydrogen (secondary N) is 1. The summed E-state index contributed by atoms with van der Waals surface area (Å²) in [6.07, 6.45) is 0. The SMILES string of the molecule is O=C(CS(=O)(=O)Cc1cccc(C(=O)O)c1)Nc1ccc(F)cc1. The summed E-state index contributed by atoms with van der Waals surface area (Å²) in [6, 6.07) is 10.4. The fourth-order valence-corrected chi connectivity index (χ4v) is 3.29. The summed E-state index contributed by atoms with van der Waals surface area (Å²) in [7, 11) is -3.78. The van der Waals surface area contributed by atoms with Gasteiger partial charge in [-0.3, -0.25) is 4.79 Å². The van der Waals surface area contributed by atoms with Gasteiger partial charge in [0.1, 0.15) is 11.6 Å². The maximum Gasteiger partial charge on any atom is 0.335 e. The zero-order chi connectivity index (χ0) is 17.7. The van der Waals surface area contributed by atoms with Crippen molar-refractivity contribution in [2.24, 2.45) is 0 Å². The van der Waals surface area contributed by atoms with E-state index in [4.69, 9.17) is 5.11 Å². The predicted molar refractivity (Wildman–Crippen MR) is 85.9 cm³/mol. The molecule has 0 saturated heterocycles. The normalized spacial score (nSPS) is 11.0. The Kier molecular flexibility index (Phi) is 5.30. The van der Waals surface area contributed by atoms with Gasteiger partial charge in [0.05, 0.1) is 11.3 Å². The standard InChI is InChI=1S/C16H14FNO5S/c17-13-4-6-14(7-5-13)18-15(19)10-24(22,23)9-11-2-1-3-12(8-11)16(20)21/h1-8H,9-10H2,(H,18,19)(H,20,21). The Morgan fingerprint density at radius 3 is 2.38 bits per heavy atom. The summed E-state index contributed by atoms with van der Waals surface area (Å²) in [6.45, 7) is 0. The highest BCUT2D eigenvalue weighted by atomic mass is 32.2. The molecule has 24 heavy (non-hydrogen) atoms. The van der Waals surface area contributed by atoms with Gasteiger partial charge in [-0.15, -0.1) is 0 Å². The molecule has 0 saturated carbocycles. The van der Waals surface area contributed by atoms with Gasteiger partial charge in [0.2, 0.25) is 5.91 Å². The molecule has 6 nitrogen and oxygen atoms in total. The number of benzene rings is 2. The van der Waals surface area contributed by atoms with Crippen LogP contribution >= 0.6 is 0 Å². The van der Waals surface area contributed by atoms with Crippen LogP contribution in [0.25, 0.3) is 0 Å². The lowest BCUT2D eigenvalue weighted by Gasteiger charge is -2.07. The number of carboxylic acids is 1. The minimum Gasteiger partial charge on any atom is -0.478 e. The maximum absolute atomic E-state index is 12.8. The third-order valence-corrected chi connectivity index (χ3v) is 4.51. The molecule has 2 aromatic rings. The van der Waals surface area contributed by atoms with Crippen LogP contribution in [0, 0.1) is 5.82 Å². The molecular formula is C16H14FNO5S. The number of carboxylic acid groups (broad SMARTS) is 1. The van der Waals surface area contributed by atoms with E-state index >= 15 is 0 Å². The van der Waals surface area contributed by atoms with Crippen LogP contribution in [-0.4, -0.2) is 31.2 Å². The average Bonchev–Trinajstić information content (AvgIpc) is 2.48. The van der Waals surface area contributed by atoms with E-state index in [1.807, 2.05) is 0 Å². The van der Waals surface area contributed by atoms with Gasteiger partial charge in [0.15, 0.2) is 9.84 Å². The molecule has 1 amide bonds. The Hall–Kier alpha value is -2.74. The van der Waals surface area contributed by atoms with E-state index < -0.39 is 39.0 Å². The number of carbonyl (C=O) groups is 2. The number of hydrogen-bond acceptors (Lipinski definition) is 4. The number of hydrogen-bond donors (Lipinski definition) is 2. The molecule has 2 aromatic carbocycles. The first kappa shape index (κ1) is 17.6. The van der Waals surface area contributed by atoms with Gasteiger partial charge in [0.25, 0.3) is 0 Å². The third-order valence-electron chi connectivity index (χ3n) is 3.04. The molecule has 2 N–H and O–H groups in total.